The number of carbonyl (C=O) groups is 1. The van der Waals surface area contributed by atoms with Crippen LogP contribution in [0.25, 0.3) is 11.6 Å². The number of halogens is 1. The Bertz CT molecular complexity index is 1380. The van der Waals surface area contributed by atoms with Gasteiger partial charge in [0.05, 0.1) is 12.2 Å². The summed E-state index contributed by atoms with van der Waals surface area (Å²) in [6, 6.07) is 15.0. The Balaban J connectivity index is 1.22. The molecule has 36 heavy (non-hydrogen) atoms. The van der Waals surface area contributed by atoms with Crippen molar-refractivity contribution in [2.45, 2.75) is 0 Å². The number of nitrogens with one attached hydrogen (secondary N) is 1. The molecule has 1 saturated heterocycles. The van der Waals surface area contributed by atoms with Crippen molar-refractivity contribution in [3.8, 4) is 0 Å². The second-order valence-corrected chi connectivity index (χ2v) is 8.80. The van der Waals surface area contributed by atoms with Gasteiger partial charge in [-0.05, 0) is 29.8 Å². The van der Waals surface area contributed by atoms with Gasteiger partial charge < -0.3 is 25.1 Å². The molecule has 3 aromatic rings. The Hall–Kier alpha value is -4.47. The Morgan fingerprint density at radius 3 is 2.58 bits per heavy atom. The number of hydrogen-bond donors (Lipinski definition) is 2. The highest BCUT2D eigenvalue weighted by atomic mass is 19.1. The van der Waals surface area contributed by atoms with E-state index in [9.17, 15) is 9.18 Å². The van der Waals surface area contributed by atoms with E-state index in [2.05, 4.69) is 33.4 Å². The van der Waals surface area contributed by atoms with Crippen molar-refractivity contribution in [1.29, 1.82) is 0 Å². The van der Waals surface area contributed by atoms with Crippen molar-refractivity contribution in [1.82, 2.24) is 14.9 Å². The van der Waals surface area contributed by atoms with Crippen LogP contribution in [0.15, 0.2) is 59.7 Å². The zero-order chi connectivity index (χ0) is 24.6. The Kier molecular flexibility index (Phi) is 5.48. The van der Waals surface area contributed by atoms with Crippen LogP contribution in [0.1, 0.15) is 11.1 Å². The second kappa shape index (κ2) is 8.95. The van der Waals surface area contributed by atoms with Gasteiger partial charge in [-0.15, -0.1) is 0 Å². The van der Waals surface area contributed by atoms with Crippen LogP contribution in [-0.4, -0.2) is 71.2 Å². The molecule has 2 aromatic carbocycles. The van der Waals surface area contributed by atoms with Gasteiger partial charge in [0.25, 0.3) is 0 Å². The van der Waals surface area contributed by atoms with Crippen LogP contribution in [0.3, 0.4) is 0 Å². The third-order valence-electron chi connectivity index (χ3n) is 6.61. The number of hydrogen-bond acceptors (Lipinski definition) is 7. The van der Waals surface area contributed by atoms with Crippen LogP contribution in [0.5, 0.6) is 0 Å². The normalized spacial score (nSPS) is 16.8. The van der Waals surface area contributed by atoms with Crippen LogP contribution in [0.4, 0.5) is 32.3 Å². The first-order valence-corrected chi connectivity index (χ1v) is 11.8. The van der Waals surface area contributed by atoms with Crippen molar-refractivity contribution in [3.63, 3.8) is 0 Å². The molecular weight excluding hydrogens is 461 g/mol. The topological polar surface area (TPSA) is 97.2 Å². The summed E-state index contributed by atoms with van der Waals surface area (Å²) in [4.78, 5) is 30.3. The number of aliphatic imine (C=N–C) groups is 1. The molecule has 9 nitrogen and oxygen atoms in total. The molecule has 0 spiro atoms. The number of aromatic nitrogens is 2. The molecule has 1 amide bonds. The monoisotopic (exact) mass is 485 g/mol. The number of amidine groups is 1. The predicted octanol–water partition coefficient (Wildman–Crippen LogP) is 3.93. The number of anilines is 4. The van der Waals surface area contributed by atoms with Gasteiger partial charge in [-0.1, -0.05) is 30.3 Å². The summed E-state index contributed by atoms with van der Waals surface area (Å²) in [5.74, 6) is 1.67. The number of rotatable bonds is 4. The third-order valence-corrected chi connectivity index (χ3v) is 6.61. The average molecular weight is 486 g/mol. The number of amides is 1. The van der Waals surface area contributed by atoms with E-state index in [4.69, 9.17) is 15.1 Å². The molecule has 0 aliphatic carbocycles. The highest BCUT2D eigenvalue weighted by Gasteiger charge is 2.30. The second-order valence-electron chi connectivity index (χ2n) is 8.80. The highest BCUT2D eigenvalue weighted by molar-refractivity contribution is 6.35. The predicted molar refractivity (Wildman–Crippen MR) is 137 cm³/mol. The van der Waals surface area contributed by atoms with Crippen LogP contribution in [0, 0.1) is 5.82 Å². The molecule has 0 bridgehead atoms. The van der Waals surface area contributed by atoms with Gasteiger partial charge in [0.15, 0.2) is 0 Å². The van der Waals surface area contributed by atoms with Crippen molar-refractivity contribution >= 4 is 46.7 Å². The molecule has 0 radical (unpaired) electrons. The zero-order valence-electron chi connectivity index (χ0n) is 19.4. The first-order chi connectivity index (χ1) is 17.6. The quantitative estimate of drug-likeness (QED) is 0.578. The summed E-state index contributed by atoms with van der Waals surface area (Å²) < 4.78 is 15.0. The van der Waals surface area contributed by atoms with Gasteiger partial charge in [0, 0.05) is 55.7 Å². The first kappa shape index (κ1) is 22.0. The molecule has 1 aromatic heterocycles. The van der Waals surface area contributed by atoms with E-state index >= 15 is 0 Å². The molecule has 2 N–H and O–H groups in total. The lowest BCUT2D eigenvalue weighted by Gasteiger charge is -2.34. The van der Waals surface area contributed by atoms with Crippen molar-refractivity contribution in [3.05, 3.63) is 71.7 Å². The van der Waals surface area contributed by atoms with E-state index in [-0.39, 0.29) is 5.82 Å². The molecule has 3 aliphatic heterocycles. The van der Waals surface area contributed by atoms with Crippen molar-refractivity contribution in [2.24, 2.45) is 4.99 Å². The van der Waals surface area contributed by atoms with E-state index < -0.39 is 6.09 Å². The van der Waals surface area contributed by atoms with E-state index in [0.29, 0.717) is 50.0 Å². The Morgan fingerprint density at radius 1 is 1.03 bits per heavy atom. The zero-order valence-corrected chi connectivity index (χ0v) is 19.4. The van der Waals surface area contributed by atoms with Crippen molar-refractivity contribution < 1.29 is 14.3 Å². The highest BCUT2D eigenvalue weighted by Crippen LogP contribution is 2.35. The number of fused-ring (bicyclic) bond motifs is 3. The Morgan fingerprint density at radius 2 is 1.83 bits per heavy atom. The maximum Gasteiger partial charge on any atom is 0.407 e. The van der Waals surface area contributed by atoms with E-state index in [1.165, 1.54) is 11.0 Å². The minimum atomic E-state index is -0.946. The summed E-state index contributed by atoms with van der Waals surface area (Å²) in [5, 5.41) is 12.2. The molecule has 0 atom stereocenters. The molecule has 1 fully saturated rings. The largest absolute Gasteiger partial charge is 0.465 e. The smallest absolute Gasteiger partial charge is 0.407 e. The summed E-state index contributed by atoms with van der Waals surface area (Å²) >= 11 is 0. The lowest BCUT2D eigenvalue weighted by molar-refractivity contribution is 0.142. The van der Waals surface area contributed by atoms with Gasteiger partial charge in [-0.3, -0.25) is 4.99 Å². The van der Waals surface area contributed by atoms with Gasteiger partial charge in [0.2, 0.25) is 5.95 Å². The number of carboxylic acid groups (broad SMARTS) is 1. The standard InChI is InChI=1S/C26H24FN7O2/c27-21-15-19(6-7-22(21)32-10-12-33(13-11-32)26(35)36)30-25-29-16-18-14-20(17-4-2-1-3-5-17)24-28-8-9-34(24)23(18)31-25/h1-7,14-16H,8-13H2,(H,35,36)(H,29,30,31). The average Bonchev–Trinajstić information content (AvgIpc) is 3.40. The molecule has 3 aliphatic rings. The minimum absolute atomic E-state index is 0.347. The van der Waals surface area contributed by atoms with Gasteiger partial charge in [0.1, 0.15) is 17.5 Å². The third kappa shape index (κ3) is 4.00. The first-order valence-electron chi connectivity index (χ1n) is 11.8. The van der Waals surface area contributed by atoms with Gasteiger partial charge >= 0.3 is 6.09 Å². The fourth-order valence-corrected chi connectivity index (χ4v) is 4.80. The van der Waals surface area contributed by atoms with E-state index in [1.807, 2.05) is 23.1 Å². The lowest BCUT2D eigenvalue weighted by atomic mass is 9.99. The minimum Gasteiger partial charge on any atom is -0.465 e. The summed E-state index contributed by atoms with van der Waals surface area (Å²) in [7, 11) is 0. The van der Waals surface area contributed by atoms with Crippen molar-refractivity contribution in [2.75, 3.05) is 54.4 Å². The summed E-state index contributed by atoms with van der Waals surface area (Å²) in [6.07, 6.45) is 2.89. The summed E-state index contributed by atoms with van der Waals surface area (Å²) in [6.45, 7) is 3.02. The molecular formula is C26H24FN7O2. The van der Waals surface area contributed by atoms with Crippen LogP contribution >= 0.6 is 0 Å². The molecule has 0 saturated carbocycles. The number of piperazine rings is 1. The Labute approximate surface area is 207 Å². The SMILES string of the molecule is O=C(O)N1CCN(c2ccc(Nc3ncc4c(n3)N3CCN=C3C(c3ccccc3)=C4)cc2F)CC1. The molecule has 6 rings (SSSR count). The lowest BCUT2D eigenvalue weighted by Crippen LogP contribution is -2.48. The number of nitrogens with zero attached hydrogens (tertiary/aromatic N) is 6. The van der Waals surface area contributed by atoms with E-state index in [1.54, 1.807) is 18.3 Å². The molecule has 182 valence electrons. The maximum absolute atomic E-state index is 15.0. The van der Waals surface area contributed by atoms with Crippen LogP contribution < -0.4 is 15.1 Å². The number of benzene rings is 2. The summed E-state index contributed by atoms with van der Waals surface area (Å²) in [5.41, 5.74) is 4.03. The maximum atomic E-state index is 15.0. The fraction of sp³-hybridized carbons (Fsp3) is 0.231. The van der Waals surface area contributed by atoms with Gasteiger partial charge in [-0.2, -0.15) is 4.98 Å². The molecule has 4 heterocycles. The van der Waals surface area contributed by atoms with Gasteiger partial charge in [-0.25, -0.2) is 14.2 Å². The molecule has 0 unspecified atom stereocenters. The van der Waals surface area contributed by atoms with Crippen LogP contribution in [-0.2, 0) is 0 Å². The fourth-order valence-electron chi connectivity index (χ4n) is 4.80. The van der Waals surface area contributed by atoms with E-state index in [0.717, 1.165) is 34.9 Å². The van der Waals surface area contributed by atoms with Crippen LogP contribution in [0.2, 0.25) is 0 Å². The molecule has 10 heteroatoms.